The van der Waals surface area contributed by atoms with Crippen molar-refractivity contribution in [3.8, 4) is 11.1 Å². The minimum Gasteiger partial charge on any atom is -0.357 e. The maximum atomic E-state index is 12.6. The first kappa shape index (κ1) is 16.3. The SMILES string of the molecule is C/C=C/Cn1cc(-c2ccc(C(C)(C)C)cc2)c2cc[nH]c2c1=O. The Bertz CT molecular complexity index is 935. The molecule has 3 nitrogen and oxygen atoms in total. The summed E-state index contributed by atoms with van der Waals surface area (Å²) in [6.07, 6.45) is 7.75. The number of aromatic nitrogens is 2. The predicted molar refractivity (Wildman–Crippen MR) is 102 cm³/mol. The highest BCUT2D eigenvalue weighted by molar-refractivity contribution is 5.94. The van der Waals surface area contributed by atoms with Crippen molar-refractivity contribution in [2.75, 3.05) is 0 Å². The van der Waals surface area contributed by atoms with Crippen LogP contribution in [0.1, 0.15) is 33.3 Å². The predicted octanol–water partition coefficient (Wildman–Crippen LogP) is 4.87. The van der Waals surface area contributed by atoms with E-state index in [1.165, 1.54) is 5.56 Å². The molecule has 0 atom stereocenters. The molecule has 3 rings (SSSR count). The minimum absolute atomic E-state index is 0.0168. The third-order valence-electron chi connectivity index (χ3n) is 4.40. The van der Waals surface area contributed by atoms with Gasteiger partial charge in [-0.15, -0.1) is 0 Å². The molecule has 2 aromatic heterocycles. The summed E-state index contributed by atoms with van der Waals surface area (Å²) in [5, 5.41) is 0.972. The van der Waals surface area contributed by atoms with E-state index in [0.717, 1.165) is 16.5 Å². The van der Waals surface area contributed by atoms with Crippen LogP contribution in [0.4, 0.5) is 0 Å². The van der Waals surface area contributed by atoms with Crippen molar-refractivity contribution < 1.29 is 0 Å². The standard InChI is InChI=1S/C21H24N2O/c1-5-6-13-23-14-18(17-11-12-22-19(17)20(23)24)15-7-9-16(10-8-15)21(2,3)4/h5-12,14,22H,13H2,1-4H3/b6-5+. The molecule has 0 unspecified atom stereocenters. The Morgan fingerprint density at radius 1 is 1.12 bits per heavy atom. The quantitative estimate of drug-likeness (QED) is 0.687. The van der Waals surface area contributed by atoms with Crippen molar-refractivity contribution in [1.29, 1.82) is 0 Å². The Labute approximate surface area is 142 Å². The number of allylic oxidation sites excluding steroid dienone is 2. The fourth-order valence-electron chi connectivity index (χ4n) is 2.93. The Morgan fingerprint density at radius 3 is 2.46 bits per heavy atom. The molecular weight excluding hydrogens is 296 g/mol. The zero-order chi connectivity index (χ0) is 17.3. The van der Waals surface area contributed by atoms with Gasteiger partial charge in [0.15, 0.2) is 0 Å². The molecule has 0 spiro atoms. The van der Waals surface area contributed by atoms with Crippen LogP contribution in [-0.2, 0) is 12.0 Å². The number of nitrogens with zero attached hydrogens (tertiary/aromatic N) is 1. The van der Waals surface area contributed by atoms with E-state index in [1.807, 2.05) is 37.5 Å². The van der Waals surface area contributed by atoms with Crippen LogP contribution in [-0.4, -0.2) is 9.55 Å². The van der Waals surface area contributed by atoms with Crippen LogP contribution in [0.15, 0.2) is 59.7 Å². The number of benzene rings is 1. The monoisotopic (exact) mass is 320 g/mol. The van der Waals surface area contributed by atoms with Crippen LogP contribution >= 0.6 is 0 Å². The second-order valence-electron chi connectivity index (χ2n) is 7.16. The van der Waals surface area contributed by atoms with Crippen molar-refractivity contribution >= 4 is 10.9 Å². The lowest BCUT2D eigenvalue weighted by molar-refractivity contribution is 0.590. The lowest BCUT2D eigenvalue weighted by Gasteiger charge is -2.19. The van der Waals surface area contributed by atoms with E-state index in [1.54, 1.807) is 4.57 Å². The number of fused-ring (bicyclic) bond motifs is 1. The maximum Gasteiger partial charge on any atom is 0.275 e. The molecule has 0 amide bonds. The first-order chi connectivity index (χ1) is 11.4. The van der Waals surface area contributed by atoms with Gasteiger partial charge < -0.3 is 9.55 Å². The number of H-pyrrole nitrogens is 1. The van der Waals surface area contributed by atoms with Gasteiger partial charge in [0.1, 0.15) is 5.52 Å². The molecule has 1 N–H and O–H groups in total. The van der Waals surface area contributed by atoms with Crippen LogP contribution in [0.2, 0.25) is 0 Å². The zero-order valence-electron chi connectivity index (χ0n) is 14.8. The number of nitrogens with one attached hydrogen (secondary N) is 1. The van der Waals surface area contributed by atoms with Crippen molar-refractivity contribution in [1.82, 2.24) is 9.55 Å². The van der Waals surface area contributed by atoms with Gasteiger partial charge >= 0.3 is 0 Å². The molecular formula is C21H24N2O. The summed E-state index contributed by atoms with van der Waals surface area (Å²) in [5.41, 5.74) is 4.32. The Morgan fingerprint density at radius 2 is 1.83 bits per heavy atom. The molecule has 0 aliphatic rings. The Hall–Kier alpha value is -2.55. The van der Waals surface area contributed by atoms with Crippen molar-refractivity contribution in [2.24, 2.45) is 0 Å². The van der Waals surface area contributed by atoms with Crippen LogP contribution in [0.5, 0.6) is 0 Å². The molecule has 2 heterocycles. The first-order valence-electron chi connectivity index (χ1n) is 8.34. The lowest BCUT2D eigenvalue weighted by atomic mass is 9.86. The largest absolute Gasteiger partial charge is 0.357 e. The van der Waals surface area contributed by atoms with Crippen molar-refractivity contribution in [3.05, 3.63) is 70.8 Å². The molecule has 0 saturated heterocycles. The highest BCUT2D eigenvalue weighted by Gasteiger charge is 2.15. The molecule has 3 heteroatoms. The zero-order valence-corrected chi connectivity index (χ0v) is 14.8. The van der Waals surface area contributed by atoms with Gasteiger partial charge in [0.25, 0.3) is 5.56 Å². The number of pyridine rings is 1. The van der Waals surface area contributed by atoms with E-state index in [4.69, 9.17) is 0 Å². The molecule has 124 valence electrons. The number of hydrogen-bond donors (Lipinski definition) is 1. The molecule has 3 aromatic rings. The third-order valence-corrected chi connectivity index (χ3v) is 4.40. The van der Waals surface area contributed by atoms with E-state index in [9.17, 15) is 4.79 Å². The highest BCUT2D eigenvalue weighted by atomic mass is 16.1. The van der Waals surface area contributed by atoms with Crippen LogP contribution < -0.4 is 5.56 Å². The van der Waals surface area contributed by atoms with Crippen molar-refractivity contribution in [2.45, 2.75) is 39.7 Å². The van der Waals surface area contributed by atoms with Gasteiger partial charge in [0.05, 0.1) is 0 Å². The fraction of sp³-hybridized carbons (Fsp3) is 0.286. The second kappa shape index (κ2) is 6.16. The summed E-state index contributed by atoms with van der Waals surface area (Å²) in [6.45, 7) is 9.18. The van der Waals surface area contributed by atoms with E-state index in [0.29, 0.717) is 12.1 Å². The minimum atomic E-state index is 0.0168. The van der Waals surface area contributed by atoms with E-state index >= 15 is 0 Å². The summed E-state index contributed by atoms with van der Waals surface area (Å²) in [5.74, 6) is 0. The number of rotatable bonds is 3. The normalized spacial score (nSPS) is 12.3. The van der Waals surface area contributed by atoms with Gasteiger partial charge in [0, 0.05) is 29.9 Å². The molecule has 0 radical (unpaired) electrons. The van der Waals surface area contributed by atoms with Crippen LogP contribution in [0, 0.1) is 0 Å². The van der Waals surface area contributed by atoms with Gasteiger partial charge in [-0.3, -0.25) is 4.79 Å². The molecule has 1 aromatic carbocycles. The first-order valence-corrected chi connectivity index (χ1v) is 8.34. The second-order valence-corrected chi connectivity index (χ2v) is 7.16. The average molecular weight is 320 g/mol. The average Bonchev–Trinajstić information content (AvgIpc) is 3.04. The lowest BCUT2D eigenvalue weighted by Crippen LogP contribution is -2.19. The van der Waals surface area contributed by atoms with Gasteiger partial charge in [0.2, 0.25) is 0 Å². The van der Waals surface area contributed by atoms with Gasteiger partial charge in [-0.05, 0) is 29.5 Å². The molecule has 0 aliphatic carbocycles. The van der Waals surface area contributed by atoms with Gasteiger partial charge in [-0.1, -0.05) is 57.2 Å². The summed E-state index contributed by atoms with van der Waals surface area (Å²) in [4.78, 5) is 15.7. The smallest absolute Gasteiger partial charge is 0.275 e. The van der Waals surface area contributed by atoms with E-state index < -0.39 is 0 Å². The molecule has 0 saturated carbocycles. The van der Waals surface area contributed by atoms with E-state index in [2.05, 4.69) is 50.0 Å². The fourth-order valence-corrected chi connectivity index (χ4v) is 2.93. The third kappa shape index (κ3) is 2.94. The summed E-state index contributed by atoms with van der Waals surface area (Å²) >= 11 is 0. The topological polar surface area (TPSA) is 37.8 Å². The summed E-state index contributed by atoms with van der Waals surface area (Å²) < 4.78 is 1.76. The van der Waals surface area contributed by atoms with Gasteiger partial charge in [-0.2, -0.15) is 0 Å². The Kier molecular flexibility index (Phi) is 4.18. The van der Waals surface area contributed by atoms with E-state index in [-0.39, 0.29) is 11.0 Å². The summed E-state index contributed by atoms with van der Waals surface area (Å²) in [7, 11) is 0. The van der Waals surface area contributed by atoms with Gasteiger partial charge in [-0.25, -0.2) is 0 Å². The molecule has 0 aliphatic heterocycles. The number of hydrogen-bond acceptors (Lipinski definition) is 1. The summed E-state index contributed by atoms with van der Waals surface area (Å²) in [6, 6.07) is 10.6. The van der Waals surface area contributed by atoms with Crippen molar-refractivity contribution in [3.63, 3.8) is 0 Å². The number of aromatic amines is 1. The molecule has 0 fully saturated rings. The van der Waals surface area contributed by atoms with Crippen LogP contribution in [0.25, 0.3) is 22.0 Å². The maximum absolute atomic E-state index is 12.6. The molecule has 0 bridgehead atoms. The Balaban J connectivity index is 2.16. The highest BCUT2D eigenvalue weighted by Crippen LogP contribution is 2.29. The molecule has 24 heavy (non-hydrogen) atoms. The van der Waals surface area contributed by atoms with Crippen LogP contribution in [0.3, 0.4) is 0 Å².